The Balaban J connectivity index is 1.64. The summed E-state index contributed by atoms with van der Waals surface area (Å²) in [5, 5.41) is 0. The van der Waals surface area contributed by atoms with E-state index in [1.54, 1.807) is 64.1 Å². The quantitative estimate of drug-likeness (QED) is 0.129. The second-order valence-electron chi connectivity index (χ2n) is 11.5. The number of esters is 1. The summed E-state index contributed by atoms with van der Waals surface area (Å²) in [6.07, 6.45) is 1.22. The molecule has 11 heteroatoms. The molecule has 0 saturated heterocycles. The first-order valence-electron chi connectivity index (χ1n) is 13.7. The van der Waals surface area contributed by atoms with E-state index in [4.69, 9.17) is 29.0 Å². The van der Waals surface area contributed by atoms with E-state index in [1.165, 1.54) is 12.1 Å². The summed E-state index contributed by atoms with van der Waals surface area (Å²) in [6, 6.07) is 13.3. The third-order valence-electron chi connectivity index (χ3n) is 7.72. The molecule has 3 aromatic rings. The van der Waals surface area contributed by atoms with Crippen LogP contribution in [0.25, 0.3) is 0 Å². The fraction of sp³-hybridized carbons (Fsp3) is 0.344. The lowest BCUT2D eigenvalue weighted by Gasteiger charge is -2.37. The molecule has 0 atom stereocenters. The van der Waals surface area contributed by atoms with E-state index in [9.17, 15) is 14.4 Å². The highest BCUT2D eigenvalue weighted by Gasteiger charge is 2.54. The smallest absolute Gasteiger partial charge is 0.374 e. The van der Waals surface area contributed by atoms with Crippen molar-refractivity contribution in [1.29, 1.82) is 0 Å². The third-order valence-corrected chi connectivity index (χ3v) is 9.03. The summed E-state index contributed by atoms with van der Waals surface area (Å²) in [5.41, 5.74) is -0.699. The highest BCUT2D eigenvalue weighted by molar-refractivity contribution is 9.10. The molecular weight excluding hydrogens is 688 g/mol. The summed E-state index contributed by atoms with van der Waals surface area (Å²) in [4.78, 5) is 60.4. The minimum atomic E-state index is -1.45. The number of benzene rings is 3. The van der Waals surface area contributed by atoms with Crippen LogP contribution in [0.4, 0.5) is 0 Å². The van der Waals surface area contributed by atoms with Gasteiger partial charge < -0.3 is 9.47 Å². The Morgan fingerprint density at radius 1 is 0.767 bits per heavy atom. The number of halogens is 2. The Kier molecular flexibility index (Phi) is 8.23. The molecule has 0 fully saturated rings. The summed E-state index contributed by atoms with van der Waals surface area (Å²) < 4.78 is 13.2. The molecule has 5 rings (SSSR count). The Bertz CT molecular complexity index is 1560. The van der Waals surface area contributed by atoms with Crippen LogP contribution < -0.4 is 4.74 Å². The van der Waals surface area contributed by atoms with Crippen LogP contribution in [0, 0.1) is 0 Å². The maximum Gasteiger partial charge on any atom is 0.374 e. The molecule has 2 aliphatic heterocycles. The number of carbonyl (C=O) groups excluding carboxylic acids is 3. The van der Waals surface area contributed by atoms with Gasteiger partial charge in [-0.25, -0.2) is 14.4 Å². The summed E-state index contributed by atoms with van der Waals surface area (Å²) in [5.74, 6) is -1.60. The van der Waals surface area contributed by atoms with E-state index < -0.39 is 34.7 Å². The molecule has 43 heavy (non-hydrogen) atoms. The zero-order valence-electron chi connectivity index (χ0n) is 24.5. The minimum absolute atomic E-state index is 0.119. The summed E-state index contributed by atoms with van der Waals surface area (Å²) >= 11 is 6.97. The standard InChI is InChI=1S/C32H30Br2O9/c1-7-30(3,4)42-40-28(36)18-13-25-21(15-23(18)33)32(20-12-10-9-11-17(20)27(35)39-32)22-16-24(34)19(14-26(22)38-25)29(37)41-43-31(5,6)8-2/h9-16H,7-8H2,1-6H3. The van der Waals surface area contributed by atoms with Crippen molar-refractivity contribution in [3.63, 3.8) is 0 Å². The van der Waals surface area contributed by atoms with Gasteiger partial charge in [-0.1, -0.05) is 32.0 Å². The van der Waals surface area contributed by atoms with Crippen LogP contribution >= 0.6 is 31.9 Å². The van der Waals surface area contributed by atoms with Gasteiger partial charge in [-0.05, 0) is 103 Å². The van der Waals surface area contributed by atoms with Crippen molar-refractivity contribution in [2.45, 2.75) is 71.2 Å². The molecule has 0 unspecified atom stereocenters. The summed E-state index contributed by atoms with van der Waals surface area (Å²) in [7, 11) is 0. The van der Waals surface area contributed by atoms with Crippen LogP contribution in [0.3, 0.4) is 0 Å². The fourth-order valence-corrected chi connectivity index (χ4v) is 5.54. The van der Waals surface area contributed by atoms with Gasteiger partial charge in [-0.2, -0.15) is 9.78 Å². The van der Waals surface area contributed by atoms with Crippen LogP contribution in [0.1, 0.15) is 102 Å². The molecule has 226 valence electrons. The van der Waals surface area contributed by atoms with E-state index in [-0.39, 0.29) is 22.6 Å². The SMILES string of the molecule is CCC(C)(C)OOC(=O)c1cc2c(cc1Br)C1(OC(=O)c3ccccc31)c1cc(Br)c(C(=O)OOC(C)(C)CC)cc1O2. The van der Waals surface area contributed by atoms with Gasteiger partial charge in [-0.15, -0.1) is 0 Å². The van der Waals surface area contributed by atoms with E-state index in [1.807, 2.05) is 13.8 Å². The lowest BCUT2D eigenvalue weighted by molar-refractivity contribution is -0.307. The van der Waals surface area contributed by atoms with Crippen molar-refractivity contribution in [3.8, 4) is 11.5 Å². The predicted molar refractivity (Wildman–Crippen MR) is 162 cm³/mol. The first-order valence-corrected chi connectivity index (χ1v) is 15.3. The Morgan fingerprint density at radius 2 is 1.23 bits per heavy atom. The molecule has 9 nitrogen and oxygen atoms in total. The van der Waals surface area contributed by atoms with Crippen molar-refractivity contribution in [2.24, 2.45) is 0 Å². The monoisotopic (exact) mass is 716 g/mol. The van der Waals surface area contributed by atoms with Crippen LogP contribution in [0.2, 0.25) is 0 Å². The topological polar surface area (TPSA) is 107 Å². The molecule has 0 saturated carbocycles. The highest BCUT2D eigenvalue weighted by atomic mass is 79.9. The third kappa shape index (κ3) is 5.59. The number of ether oxygens (including phenoxy) is 2. The second-order valence-corrected chi connectivity index (χ2v) is 13.2. The van der Waals surface area contributed by atoms with E-state index >= 15 is 0 Å². The molecule has 2 heterocycles. The average Bonchev–Trinajstić information content (AvgIpc) is 3.28. The maximum absolute atomic E-state index is 13.2. The van der Waals surface area contributed by atoms with E-state index in [2.05, 4.69) is 31.9 Å². The van der Waals surface area contributed by atoms with E-state index in [0.717, 1.165) is 0 Å². The normalized spacial score (nSPS) is 14.7. The van der Waals surface area contributed by atoms with Crippen LogP contribution in [-0.4, -0.2) is 29.1 Å². The Morgan fingerprint density at radius 3 is 1.70 bits per heavy atom. The number of carbonyl (C=O) groups is 3. The van der Waals surface area contributed by atoms with Crippen LogP contribution in [0.15, 0.2) is 57.5 Å². The molecule has 0 bridgehead atoms. The number of hydrogen-bond donors (Lipinski definition) is 0. The molecule has 0 aliphatic carbocycles. The zero-order chi connectivity index (χ0) is 31.3. The van der Waals surface area contributed by atoms with Gasteiger partial charge >= 0.3 is 17.9 Å². The van der Waals surface area contributed by atoms with Crippen molar-refractivity contribution in [2.75, 3.05) is 0 Å². The molecule has 3 aromatic carbocycles. The first-order chi connectivity index (χ1) is 20.2. The first kappa shape index (κ1) is 31.2. The van der Waals surface area contributed by atoms with Crippen molar-refractivity contribution >= 4 is 49.8 Å². The molecule has 2 aliphatic rings. The highest BCUT2D eigenvalue weighted by Crippen LogP contribution is 2.57. The Hall–Kier alpha value is -3.25. The van der Waals surface area contributed by atoms with Gasteiger partial charge in [0.05, 0.1) is 16.7 Å². The van der Waals surface area contributed by atoms with Crippen molar-refractivity contribution < 1.29 is 43.4 Å². The lowest BCUT2D eigenvalue weighted by Crippen LogP contribution is -2.33. The Labute approximate surface area is 265 Å². The van der Waals surface area contributed by atoms with E-state index in [0.29, 0.717) is 44.0 Å². The molecule has 1 spiro atoms. The van der Waals surface area contributed by atoms with Crippen LogP contribution in [0.5, 0.6) is 11.5 Å². The van der Waals surface area contributed by atoms with Gasteiger partial charge in [0.1, 0.15) is 22.7 Å². The fourth-order valence-electron chi connectivity index (χ4n) is 4.53. The van der Waals surface area contributed by atoms with Gasteiger partial charge in [0.15, 0.2) is 5.60 Å². The predicted octanol–water partition coefficient (Wildman–Crippen LogP) is 8.33. The molecular formula is C32H30Br2O9. The van der Waals surface area contributed by atoms with Crippen molar-refractivity contribution in [1.82, 2.24) is 0 Å². The molecule has 0 N–H and O–H groups in total. The van der Waals surface area contributed by atoms with Gasteiger partial charge in [0.2, 0.25) is 0 Å². The molecule has 0 amide bonds. The van der Waals surface area contributed by atoms with Crippen LogP contribution in [-0.2, 0) is 29.9 Å². The average molecular weight is 718 g/mol. The minimum Gasteiger partial charge on any atom is -0.456 e. The van der Waals surface area contributed by atoms with Crippen molar-refractivity contribution in [3.05, 3.63) is 90.9 Å². The second kappa shape index (κ2) is 11.4. The van der Waals surface area contributed by atoms with Gasteiger partial charge in [0.25, 0.3) is 0 Å². The zero-order valence-corrected chi connectivity index (χ0v) is 27.6. The number of hydrogen-bond acceptors (Lipinski definition) is 9. The van der Waals surface area contributed by atoms with Gasteiger partial charge in [-0.3, -0.25) is 9.78 Å². The largest absolute Gasteiger partial charge is 0.456 e. The number of rotatable bonds is 8. The number of fused-ring (bicyclic) bond motifs is 6. The lowest BCUT2D eigenvalue weighted by atomic mass is 9.77. The van der Waals surface area contributed by atoms with Gasteiger partial charge in [0, 0.05) is 25.6 Å². The molecule has 0 radical (unpaired) electrons. The maximum atomic E-state index is 13.2. The summed E-state index contributed by atoms with van der Waals surface area (Å²) in [6.45, 7) is 11.0. The molecule has 0 aromatic heterocycles.